The average Bonchev–Trinajstić information content (AvgIpc) is 3.24. The van der Waals surface area contributed by atoms with Gasteiger partial charge >= 0.3 is 0 Å². The molecule has 29 heavy (non-hydrogen) atoms. The largest absolute Gasteiger partial charge is 0.492 e. The summed E-state index contributed by atoms with van der Waals surface area (Å²) in [6.45, 7) is 2.72. The van der Waals surface area contributed by atoms with E-state index in [9.17, 15) is 0 Å². The monoisotopic (exact) mass is 389 g/mol. The first-order chi connectivity index (χ1) is 14.4. The van der Waals surface area contributed by atoms with E-state index in [1.807, 2.05) is 42.5 Å². The zero-order chi connectivity index (χ0) is 19.7. The number of hydrogen-bond donors (Lipinski definition) is 1. The van der Waals surface area contributed by atoms with Gasteiger partial charge in [0.05, 0.1) is 18.6 Å². The zero-order valence-corrected chi connectivity index (χ0v) is 16.4. The molecule has 1 aliphatic rings. The predicted molar refractivity (Wildman–Crippen MR) is 114 cm³/mol. The number of para-hydroxylation sites is 1. The molecule has 1 N–H and O–H groups in total. The second kappa shape index (κ2) is 10.2. The lowest BCUT2D eigenvalue weighted by atomic mass is 9.91. The molecule has 1 heterocycles. The number of nitrogens with one attached hydrogen (secondary N) is 1. The number of hydrogen-bond acceptors (Lipinski definition) is 4. The summed E-state index contributed by atoms with van der Waals surface area (Å²) < 4.78 is 18.1. The lowest BCUT2D eigenvalue weighted by molar-refractivity contribution is -0.0669. The van der Waals surface area contributed by atoms with Gasteiger partial charge in [-0.3, -0.25) is 0 Å². The highest BCUT2D eigenvalue weighted by Gasteiger charge is 2.34. The van der Waals surface area contributed by atoms with Gasteiger partial charge in [0, 0.05) is 13.1 Å². The Morgan fingerprint density at radius 2 is 1.41 bits per heavy atom. The van der Waals surface area contributed by atoms with Crippen molar-refractivity contribution in [3.05, 3.63) is 102 Å². The van der Waals surface area contributed by atoms with E-state index in [1.54, 1.807) is 0 Å². The van der Waals surface area contributed by atoms with Crippen LogP contribution in [0.2, 0.25) is 0 Å². The van der Waals surface area contributed by atoms with Gasteiger partial charge in [0.25, 0.3) is 0 Å². The lowest BCUT2D eigenvalue weighted by Crippen LogP contribution is -2.32. The lowest BCUT2D eigenvalue weighted by Gasteiger charge is -2.24. The SMILES string of the molecule is c1ccc(OCCNC[C@H]2CO[C@H](C(c3ccccc3)c3ccccc3)O2)cc1. The first kappa shape index (κ1) is 19.6. The second-order valence-electron chi connectivity index (χ2n) is 7.12. The van der Waals surface area contributed by atoms with Crippen LogP contribution in [0.15, 0.2) is 91.0 Å². The van der Waals surface area contributed by atoms with E-state index in [-0.39, 0.29) is 18.3 Å². The first-order valence-corrected chi connectivity index (χ1v) is 10.2. The Bertz CT molecular complexity index is 802. The Morgan fingerprint density at radius 3 is 2.03 bits per heavy atom. The minimum Gasteiger partial charge on any atom is -0.492 e. The molecule has 0 radical (unpaired) electrons. The first-order valence-electron chi connectivity index (χ1n) is 10.2. The maximum atomic E-state index is 6.27. The third-order valence-corrected chi connectivity index (χ3v) is 5.03. The van der Waals surface area contributed by atoms with Crippen LogP contribution in [0.25, 0.3) is 0 Å². The van der Waals surface area contributed by atoms with Gasteiger partial charge in [0.2, 0.25) is 0 Å². The van der Waals surface area contributed by atoms with E-state index in [1.165, 1.54) is 11.1 Å². The van der Waals surface area contributed by atoms with Crippen molar-refractivity contribution in [2.75, 3.05) is 26.3 Å². The Balaban J connectivity index is 1.29. The Morgan fingerprint density at radius 1 is 0.828 bits per heavy atom. The summed E-state index contributed by atoms with van der Waals surface area (Å²) in [4.78, 5) is 0. The molecule has 1 aliphatic heterocycles. The molecule has 150 valence electrons. The molecule has 3 aromatic rings. The van der Waals surface area contributed by atoms with E-state index in [0.717, 1.165) is 18.8 Å². The van der Waals surface area contributed by atoms with Gasteiger partial charge in [-0.05, 0) is 23.3 Å². The molecule has 4 nitrogen and oxygen atoms in total. The maximum Gasteiger partial charge on any atom is 0.169 e. The van der Waals surface area contributed by atoms with Crippen molar-refractivity contribution in [1.29, 1.82) is 0 Å². The van der Waals surface area contributed by atoms with E-state index in [4.69, 9.17) is 14.2 Å². The molecule has 0 bridgehead atoms. The minimum absolute atomic E-state index is 0.0339. The molecule has 0 spiro atoms. The van der Waals surface area contributed by atoms with Crippen molar-refractivity contribution in [2.45, 2.75) is 18.3 Å². The van der Waals surface area contributed by atoms with E-state index in [2.05, 4.69) is 53.8 Å². The molecular weight excluding hydrogens is 362 g/mol. The topological polar surface area (TPSA) is 39.7 Å². The second-order valence-corrected chi connectivity index (χ2v) is 7.12. The van der Waals surface area contributed by atoms with Crippen LogP contribution in [0, 0.1) is 0 Å². The molecule has 0 unspecified atom stereocenters. The summed E-state index contributed by atoms with van der Waals surface area (Å²) >= 11 is 0. The third-order valence-electron chi connectivity index (χ3n) is 5.03. The van der Waals surface area contributed by atoms with Crippen molar-refractivity contribution in [3.8, 4) is 5.75 Å². The van der Waals surface area contributed by atoms with Crippen LogP contribution in [0.5, 0.6) is 5.75 Å². The summed E-state index contributed by atoms with van der Waals surface area (Å²) in [6, 6.07) is 30.7. The molecule has 0 saturated carbocycles. The number of ether oxygens (including phenoxy) is 3. The average molecular weight is 389 g/mol. The number of rotatable bonds is 9. The summed E-state index contributed by atoms with van der Waals surface area (Å²) in [5.74, 6) is 0.951. The van der Waals surface area contributed by atoms with Gasteiger partial charge in [-0.15, -0.1) is 0 Å². The quantitative estimate of drug-likeness (QED) is 0.556. The van der Waals surface area contributed by atoms with Crippen LogP contribution < -0.4 is 10.1 Å². The van der Waals surface area contributed by atoms with Crippen molar-refractivity contribution < 1.29 is 14.2 Å². The highest BCUT2D eigenvalue weighted by molar-refractivity contribution is 5.33. The van der Waals surface area contributed by atoms with Crippen molar-refractivity contribution in [2.24, 2.45) is 0 Å². The smallest absolute Gasteiger partial charge is 0.169 e. The molecule has 1 fully saturated rings. The predicted octanol–water partition coefficient (Wildman–Crippen LogP) is 4.23. The molecule has 4 heteroatoms. The highest BCUT2D eigenvalue weighted by Crippen LogP contribution is 2.33. The van der Waals surface area contributed by atoms with Gasteiger partial charge in [0.15, 0.2) is 6.29 Å². The molecule has 3 aromatic carbocycles. The van der Waals surface area contributed by atoms with Crippen LogP contribution in [0.4, 0.5) is 0 Å². The number of benzene rings is 3. The summed E-state index contributed by atoms with van der Waals surface area (Å²) in [5, 5.41) is 3.41. The fraction of sp³-hybridized carbons (Fsp3) is 0.280. The van der Waals surface area contributed by atoms with Crippen molar-refractivity contribution in [3.63, 3.8) is 0 Å². The Kier molecular flexibility index (Phi) is 6.92. The van der Waals surface area contributed by atoms with Gasteiger partial charge in [-0.2, -0.15) is 0 Å². The molecule has 0 aromatic heterocycles. The van der Waals surface area contributed by atoms with E-state index >= 15 is 0 Å². The maximum absolute atomic E-state index is 6.27. The Labute approximate surface area is 172 Å². The zero-order valence-electron chi connectivity index (χ0n) is 16.4. The Hall–Kier alpha value is -2.66. The fourth-order valence-corrected chi connectivity index (χ4v) is 3.60. The third kappa shape index (κ3) is 5.45. The van der Waals surface area contributed by atoms with Crippen LogP contribution in [-0.4, -0.2) is 38.7 Å². The molecule has 4 rings (SSSR count). The van der Waals surface area contributed by atoms with Gasteiger partial charge in [-0.1, -0.05) is 78.9 Å². The van der Waals surface area contributed by atoms with Crippen molar-refractivity contribution >= 4 is 0 Å². The van der Waals surface area contributed by atoms with Gasteiger partial charge < -0.3 is 19.5 Å². The molecule has 1 saturated heterocycles. The molecule has 2 atom stereocenters. The van der Waals surface area contributed by atoms with Crippen LogP contribution in [-0.2, 0) is 9.47 Å². The van der Waals surface area contributed by atoms with Crippen LogP contribution in [0.1, 0.15) is 17.0 Å². The van der Waals surface area contributed by atoms with Crippen LogP contribution >= 0.6 is 0 Å². The van der Waals surface area contributed by atoms with E-state index in [0.29, 0.717) is 13.2 Å². The van der Waals surface area contributed by atoms with Crippen LogP contribution in [0.3, 0.4) is 0 Å². The molecule has 0 aliphatic carbocycles. The standard InChI is InChI=1S/C25H27NO3/c1-4-10-20(11-5-1)24(21-12-6-2-7-13-21)25-28-19-23(29-25)18-26-16-17-27-22-14-8-3-9-15-22/h1-15,23-26H,16-19H2/t23-,25-/m0/s1. The van der Waals surface area contributed by atoms with Gasteiger partial charge in [-0.25, -0.2) is 0 Å². The van der Waals surface area contributed by atoms with Crippen molar-refractivity contribution in [1.82, 2.24) is 5.32 Å². The molecule has 0 amide bonds. The highest BCUT2D eigenvalue weighted by atomic mass is 16.7. The summed E-state index contributed by atoms with van der Waals surface area (Å²) in [7, 11) is 0. The fourth-order valence-electron chi connectivity index (χ4n) is 3.60. The van der Waals surface area contributed by atoms with E-state index < -0.39 is 0 Å². The summed E-state index contributed by atoms with van der Waals surface area (Å²) in [5.41, 5.74) is 2.40. The van der Waals surface area contributed by atoms with Gasteiger partial charge in [0.1, 0.15) is 12.4 Å². The normalized spacial score (nSPS) is 18.8. The molecular formula is C25H27NO3. The minimum atomic E-state index is -0.285. The summed E-state index contributed by atoms with van der Waals surface area (Å²) in [6.07, 6.45) is -0.251.